The first-order valence-electron chi connectivity index (χ1n) is 12.0. The minimum Gasteiger partial charge on any atom is -0.354 e. The Morgan fingerprint density at radius 3 is 2.03 bits per heavy atom. The number of nitrogens with one attached hydrogen (secondary N) is 1. The summed E-state index contributed by atoms with van der Waals surface area (Å²) >= 11 is 0. The summed E-state index contributed by atoms with van der Waals surface area (Å²) in [4.78, 5) is 27.7. The second kappa shape index (κ2) is 13.3. The predicted molar refractivity (Wildman–Crippen MR) is 137 cm³/mol. The van der Waals surface area contributed by atoms with Gasteiger partial charge in [0, 0.05) is 26.1 Å². The Morgan fingerprint density at radius 1 is 0.972 bits per heavy atom. The number of rotatable bonds is 13. The molecule has 2 aromatic carbocycles. The van der Waals surface area contributed by atoms with Gasteiger partial charge < -0.3 is 10.2 Å². The van der Waals surface area contributed by atoms with Gasteiger partial charge in [-0.25, -0.2) is 17.2 Å². The van der Waals surface area contributed by atoms with Crippen LogP contribution in [0, 0.1) is 17.6 Å². The zero-order chi connectivity index (χ0) is 26.9. The maximum Gasteiger partial charge on any atom is 0.242 e. The van der Waals surface area contributed by atoms with Gasteiger partial charge in [-0.3, -0.25) is 13.9 Å². The number of amides is 2. The minimum atomic E-state index is -3.67. The molecule has 0 heterocycles. The molecule has 1 N–H and O–H groups in total. The molecule has 0 fully saturated rings. The molecule has 0 unspecified atom stereocenters. The van der Waals surface area contributed by atoms with Crippen molar-refractivity contribution in [1.29, 1.82) is 0 Å². The van der Waals surface area contributed by atoms with Crippen molar-refractivity contribution in [1.82, 2.24) is 10.2 Å². The van der Waals surface area contributed by atoms with E-state index in [9.17, 15) is 26.8 Å². The van der Waals surface area contributed by atoms with Crippen LogP contribution in [0.25, 0.3) is 0 Å². The van der Waals surface area contributed by atoms with Gasteiger partial charge in [-0.2, -0.15) is 0 Å². The van der Waals surface area contributed by atoms with Crippen molar-refractivity contribution in [3.8, 4) is 0 Å². The SMILES string of the molecule is CC[C@H](C(=O)NCC(C)C)N(Cc1ccc(F)cc1)C(=O)CCCN(c1ccc(F)cc1)S(C)(=O)=O. The molecule has 0 aromatic heterocycles. The molecule has 2 aromatic rings. The lowest BCUT2D eigenvalue weighted by atomic mass is 10.1. The van der Waals surface area contributed by atoms with Gasteiger partial charge in [0.2, 0.25) is 21.8 Å². The summed E-state index contributed by atoms with van der Waals surface area (Å²) in [6, 6.07) is 10.1. The van der Waals surface area contributed by atoms with E-state index in [1.54, 1.807) is 12.1 Å². The van der Waals surface area contributed by atoms with Crippen LogP contribution in [0.4, 0.5) is 14.5 Å². The summed E-state index contributed by atoms with van der Waals surface area (Å²) in [5.74, 6) is -1.24. The monoisotopic (exact) mass is 523 g/mol. The minimum absolute atomic E-state index is 0.0108. The van der Waals surface area contributed by atoms with E-state index in [1.807, 2.05) is 20.8 Å². The third kappa shape index (κ3) is 8.89. The number of benzene rings is 2. The van der Waals surface area contributed by atoms with Crippen LogP contribution in [0.5, 0.6) is 0 Å². The fourth-order valence-electron chi connectivity index (χ4n) is 3.74. The van der Waals surface area contributed by atoms with Crippen molar-refractivity contribution in [2.45, 2.75) is 52.6 Å². The number of nitrogens with zero attached hydrogens (tertiary/aromatic N) is 2. The number of carbonyl (C=O) groups excluding carboxylic acids is 2. The van der Waals surface area contributed by atoms with Gasteiger partial charge in [-0.1, -0.05) is 32.9 Å². The molecule has 2 rings (SSSR count). The summed E-state index contributed by atoms with van der Waals surface area (Å²) in [6.07, 6.45) is 1.60. The first-order valence-corrected chi connectivity index (χ1v) is 13.8. The Balaban J connectivity index is 2.19. The summed E-state index contributed by atoms with van der Waals surface area (Å²) < 4.78 is 52.4. The molecule has 0 spiro atoms. The Labute approximate surface area is 212 Å². The van der Waals surface area contributed by atoms with Crippen LogP contribution in [0.2, 0.25) is 0 Å². The van der Waals surface area contributed by atoms with Gasteiger partial charge in [-0.05, 0) is 60.7 Å². The van der Waals surface area contributed by atoms with Gasteiger partial charge >= 0.3 is 0 Å². The van der Waals surface area contributed by atoms with Crippen LogP contribution in [0.3, 0.4) is 0 Å². The van der Waals surface area contributed by atoms with Gasteiger partial charge in [-0.15, -0.1) is 0 Å². The fourth-order valence-corrected chi connectivity index (χ4v) is 4.71. The fraction of sp³-hybridized carbons (Fsp3) is 0.462. The molecule has 0 aliphatic rings. The Kier molecular flexibility index (Phi) is 10.8. The van der Waals surface area contributed by atoms with E-state index in [1.165, 1.54) is 41.3 Å². The second-order valence-electron chi connectivity index (χ2n) is 9.13. The molecule has 0 aliphatic carbocycles. The van der Waals surface area contributed by atoms with Crippen LogP contribution < -0.4 is 9.62 Å². The van der Waals surface area contributed by atoms with E-state index < -0.39 is 27.7 Å². The van der Waals surface area contributed by atoms with Crippen LogP contribution in [-0.2, 0) is 26.2 Å². The number of anilines is 1. The first-order chi connectivity index (χ1) is 16.9. The smallest absolute Gasteiger partial charge is 0.242 e. The molecule has 1 atom stereocenters. The first kappa shape index (κ1) is 29.2. The van der Waals surface area contributed by atoms with Gasteiger partial charge in [0.05, 0.1) is 11.9 Å². The van der Waals surface area contributed by atoms with E-state index >= 15 is 0 Å². The highest BCUT2D eigenvalue weighted by Crippen LogP contribution is 2.20. The van der Waals surface area contributed by atoms with Crippen molar-refractivity contribution >= 4 is 27.5 Å². The highest BCUT2D eigenvalue weighted by atomic mass is 32.2. The van der Waals surface area contributed by atoms with E-state index in [2.05, 4.69) is 5.32 Å². The Morgan fingerprint density at radius 2 is 1.53 bits per heavy atom. The van der Waals surface area contributed by atoms with Crippen molar-refractivity contribution in [2.24, 2.45) is 5.92 Å². The Bertz CT molecular complexity index is 1110. The molecule has 0 saturated carbocycles. The van der Waals surface area contributed by atoms with Crippen molar-refractivity contribution in [3.05, 3.63) is 65.7 Å². The molecule has 0 radical (unpaired) electrons. The van der Waals surface area contributed by atoms with Crippen LogP contribution in [-0.4, -0.2) is 50.5 Å². The summed E-state index contributed by atoms with van der Waals surface area (Å²) in [5, 5.41) is 2.87. The molecular formula is C26H35F2N3O4S. The number of hydrogen-bond acceptors (Lipinski definition) is 4. The van der Waals surface area contributed by atoms with Crippen LogP contribution in [0.1, 0.15) is 45.6 Å². The van der Waals surface area contributed by atoms with Crippen molar-refractivity contribution < 1.29 is 26.8 Å². The third-order valence-corrected chi connectivity index (χ3v) is 6.80. The normalized spacial score (nSPS) is 12.3. The topological polar surface area (TPSA) is 86.8 Å². The molecule has 7 nitrogen and oxygen atoms in total. The second-order valence-corrected chi connectivity index (χ2v) is 11.0. The average Bonchev–Trinajstić information content (AvgIpc) is 2.81. The van der Waals surface area contributed by atoms with Gasteiger partial charge in [0.15, 0.2) is 0 Å². The number of sulfonamides is 1. The Hall–Kier alpha value is -3.01. The molecule has 198 valence electrons. The van der Waals surface area contributed by atoms with Gasteiger partial charge in [0.1, 0.15) is 17.7 Å². The number of carbonyl (C=O) groups is 2. The predicted octanol–water partition coefficient (Wildman–Crippen LogP) is 4.09. The highest BCUT2D eigenvalue weighted by molar-refractivity contribution is 7.92. The molecule has 2 amide bonds. The largest absolute Gasteiger partial charge is 0.354 e. The van der Waals surface area contributed by atoms with E-state index in [4.69, 9.17) is 0 Å². The summed E-state index contributed by atoms with van der Waals surface area (Å²) in [7, 11) is -3.67. The zero-order valence-corrected chi connectivity index (χ0v) is 22.0. The number of hydrogen-bond donors (Lipinski definition) is 1. The number of halogens is 2. The highest BCUT2D eigenvalue weighted by Gasteiger charge is 2.29. The molecule has 0 saturated heterocycles. The third-order valence-electron chi connectivity index (χ3n) is 5.60. The van der Waals surface area contributed by atoms with E-state index in [-0.39, 0.29) is 43.7 Å². The van der Waals surface area contributed by atoms with Crippen LogP contribution in [0.15, 0.2) is 48.5 Å². The van der Waals surface area contributed by atoms with Crippen molar-refractivity contribution in [3.63, 3.8) is 0 Å². The molecule has 0 aliphatic heterocycles. The molecule has 36 heavy (non-hydrogen) atoms. The lowest BCUT2D eigenvalue weighted by molar-refractivity contribution is -0.141. The quantitative estimate of drug-likeness (QED) is 0.429. The molecular weight excluding hydrogens is 488 g/mol. The lowest BCUT2D eigenvalue weighted by Gasteiger charge is -2.31. The molecule has 0 bridgehead atoms. The van der Waals surface area contributed by atoms with E-state index in [0.29, 0.717) is 24.2 Å². The summed E-state index contributed by atoms with van der Waals surface area (Å²) in [5.41, 5.74) is 0.970. The standard InChI is InChI=1S/C26H35F2N3O4S/c1-5-24(26(33)29-17-19(2)3)30(18-20-8-10-21(27)11-9-20)25(32)7-6-16-31(36(4,34)35)23-14-12-22(28)13-15-23/h8-15,19,24H,5-7,16-18H2,1-4H3,(H,29,33)/t24-/m1/s1. The van der Waals surface area contributed by atoms with Crippen molar-refractivity contribution in [2.75, 3.05) is 23.7 Å². The average molecular weight is 524 g/mol. The maximum atomic E-state index is 13.4. The van der Waals surface area contributed by atoms with Gasteiger partial charge in [0.25, 0.3) is 0 Å². The molecule has 10 heteroatoms. The zero-order valence-electron chi connectivity index (χ0n) is 21.2. The van der Waals surface area contributed by atoms with Crippen LogP contribution >= 0.6 is 0 Å². The van der Waals surface area contributed by atoms with E-state index in [0.717, 1.165) is 10.6 Å². The maximum absolute atomic E-state index is 13.4. The summed E-state index contributed by atoms with van der Waals surface area (Å²) in [6.45, 7) is 6.34. The lowest BCUT2D eigenvalue weighted by Crippen LogP contribution is -2.49.